The summed E-state index contributed by atoms with van der Waals surface area (Å²) in [7, 11) is 0. The van der Waals surface area contributed by atoms with Crippen molar-refractivity contribution >= 4 is 22.1 Å². The van der Waals surface area contributed by atoms with E-state index in [0.717, 1.165) is 0 Å². The third-order valence-corrected chi connectivity index (χ3v) is 6.76. The molecule has 178 valence electrons. The minimum absolute atomic E-state index is 0.115. The number of hydrogen-bond donors (Lipinski definition) is 2. The third-order valence-electron chi connectivity index (χ3n) is 6.76. The van der Waals surface area contributed by atoms with Crippen molar-refractivity contribution in [1.82, 2.24) is 29.7 Å². The van der Waals surface area contributed by atoms with Gasteiger partial charge in [0.15, 0.2) is 11.6 Å². The van der Waals surface area contributed by atoms with Crippen molar-refractivity contribution in [3.05, 3.63) is 48.0 Å². The minimum Gasteiger partial charge on any atom is -0.320 e. The summed E-state index contributed by atoms with van der Waals surface area (Å²) in [5.41, 5.74) is 2.32. The average molecular weight is 472 g/mol. The normalized spacial score (nSPS) is 25.2. The molecule has 2 N–H and O–H groups in total. The molecular formula is C24H24F4N6. The zero-order valence-electron chi connectivity index (χ0n) is 18.3. The first kappa shape index (κ1) is 21.5. The number of aromatic nitrogens is 4. The van der Waals surface area contributed by atoms with Gasteiger partial charge in [0, 0.05) is 50.4 Å². The second kappa shape index (κ2) is 8.35. The second-order valence-corrected chi connectivity index (χ2v) is 9.23. The predicted octanol–water partition coefficient (Wildman–Crippen LogP) is 3.73. The number of imidazole rings is 2. The Balaban J connectivity index is 1.51. The van der Waals surface area contributed by atoms with Gasteiger partial charge >= 0.3 is 0 Å². The summed E-state index contributed by atoms with van der Waals surface area (Å²) in [6.45, 7) is 1.42. The largest absolute Gasteiger partial charge is 0.320 e. The van der Waals surface area contributed by atoms with Crippen LogP contribution in [0.1, 0.15) is 12.8 Å². The Morgan fingerprint density at radius 1 is 0.735 bits per heavy atom. The number of nitrogens with one attached hydrogen (secondary N) is 2. The lowest BCUT2D eigenvalue weighted by molar-refractivity contribution is 0.351. The van der Waals surface area contributed by atoms with Crippen LogP contribution in [0.2, 0.25) is 0 Å². The Morgan fingerprint density at radius 3 is 1.56 bits per heavy atom. The zero-order valence-corrected chi connectivity index (χ0v) is 18.3. The molecule has 6 nitrogen and oxygen atoms in total. The molecule has 2 fully saturated rings. The third kappa shape index (κ3) is 3.84. The highest BCUT2D eigenvalue weighted by atomic mass is 19.1. The zero-order chi connectivity index (χ0) is 23.4. The molecule has 2 aromatic carbocycles. The smallest absolute Gasteiger partial charge is 0.177 e. The van der Waals surface area contributed by atoms with E-state index in [2.05, 4.69) is 10.6 Å². The number of nitrogens with zero attached hydrogens (tertiary/aromatic N) is 4. The van der Waals surface area contributed by atoms with Crippen molar-refractivity contribution in [3.63, 3.8) is 0 Å². The van der Waals surface area contributed by atoms with Crippen molar-refractivity contribution in [3.8, 4) is 11.6 Å². The molecule has 4 unspecified atom stereocenters. The molecule has 4 aromatic rings. The molecule has 4 heterocycles. The van der Waals surface area contributed by atoms with Crippen molar-refractivity contribution in [2.75, 3.05) is 13.1 Å². The SMILES string of the molecule is Fc1ccc2c(c1)nc(-c1nc3cc(F)ccc3n1CC1CC(F)CN1)n2CC1CC(F)CN1. The lowest BCUT2D eigenvalue weighted by Crippen LogP contribution is -2.28. The van der Waals surface area contributed by atoms with Crippen LogP contribution in [0.15, 0.2) is 36.4 Å². The maximum Gasteiger partial charge on any atom is 0.177 e. The minimum atomic E-state index is -0.921. The van der Waals surface area contributed by atoms with Gasteiger partial charge in [-0.05, 0) is 37.1 Å². The number of halogens is 4. The highest BCUT2D eigenvalue weighted by Crippen LogP contribution is 2.30. The van der Waals surface area contributed by atoms with Crippen LogP contribution in [0, 0.1) is 11.6 Å². The summed E-state index contributed by atoms with van der Waals surface area (Å²) in [6, 6.07) is 8.52. The maximum atomic E-state index is 14.0. The molecule has 0 spiro atoms. The van der Waals surface area contributed by atoms with Crippen molar-refractivity contribution in [1.29, 1.82) is 0 Å². The van der Waals surface area contributed by atoms with E-state index >= 15 is 0 Å². The van der Waals surface area contributed by atoms with Crippen LogP contribution in [0.3, 0.4) is 0 Å². The van der Waals surface area contributed by atoms with Gasteiger partial charge in [-0.2, -0.15) is 0 Å². The van der Waals surface area contributed by atoms with E-state index in [0.29, 0.717) is 59.6 Å². The first-order valence-corrected chi connectivity index (χ1v) is 11.5. The molecule has 0 saturated carbocycles. The van der Waals surface area contributed by atoms with Crippen molar-refractivity contribution < 1.29 is 17.6 Å². The topological polar surface area (TPSA) is 59.7 Å². The van der Waals surface area contributed by atoms with Crippen LogP contribution in [0.4, 0.5) is 17.6 Å². The Kier molecular flexibility index (Phi) is 5.29. The van der Waals surface area contributed by atoms with Crippen molar-refractivity contribution in [2.24, 2.45) is 0 Å². The van der Waals surface area contributed by atoms with Gasteiger partial charge in [-0.25, -0.2) is 27.5 Å². The van der Waals surface area contributed by atoms with E-state index < -0.39 is 24.0 Å². The Bertz CT molecular complexity index is 1260. The molecular weight excluding hydrogens is 448 g/mol. The quantitative estimate of drug-likeness (QED) is 0.435. The fourth-order valence-electron chi connectivity index (χ4n) is 5.18. The average Bonchev–Trinajstić information content (AvgIpc) is 3.56. The van der Waals surface area contributed by atoms with Gasteiger partial charge in [-0.15, -0.1) is 0 Å². The monoisotopic (exact) mass is 472 g/mol. The van der Waals surface area contributed by atoms with Gasteiger partial charge in [-0.3, -0.25) is 0 Å². The van der Waals surface area contributed by atoms with Gasteiger partial charge in [0.2, 0.25) is 0 Å². The van der Waals surface area contributed by atoms with Gasteiger partial charge in [-0.1, -0.05) is 0 Å². The number of fused-ring (bicyclic) bond motifs is 2. The fraction of sp³-hybridized carbons (Fsp3) is 0.417. The number of rotatable bonds is 5. The second-order valence-electron chi connectivity index (χ2n) is 9.23. The number of alkyl halides is 2. The number of benzene rings is 2. The fourth-order valence-corrected chi connectivity index (χ4v) is 5.18. The standard InChI is InChI=1S/C24H24F4N6/c25-13-1-3-21-19(7-13)31-23(33(21)11-17-5-15(27)9-29-17)24-32-20-8-14(26)2-4-22(20)34(24)12-18-6-16(28)10-30-18/h1-4,7-8,15-18,29-30H,5-6,9-12H2. The maximum absolute atomic E-state index is 14.0. The lowest BCUT2D eigenvalue weighted by Gasteiger charge is -2.17. The molecule has 2 saturated heterocycles. The molecule has 0 bridgehead atoms. The van der Waals surface area contributed by atoms with Gasteiger partial charge in [0.25, 0.3) is 0 Å². The molecule has 6 rings (SSSR count). The molecule has 2 aliphatic heterocycles. The van der Waals surface area contributed by atoms with E-state index in [-0.39, 0.29) is 25.2 Å². The molecule has 0 radical (unpaired) electrons. The molecule has 2 aliphatic rings. The predicted molar refractivity (Wildman–Crippen MR) is 121 cm³/mol. The van der Waals surface area contributed by atoms with Gasteiger partial charge < -0.3 is 19.8 Å². The van der Waals surface area contributed by atoms with Crippen LogP contribution in [-0.4, -0.2) is 56.6 Å². The molecule has 34 heavy (non-hydrogen) atoms. The Labute approximate surface area is 193 Å². The highest BCUT2D eigenvalue weighted by Gasteiger charge is 2.29. The molecule has 2 aromatic heterocycles. The summed E-state index contributed by atoms with van der Waals surface area (Å²) in [4.78, 5) is 9.41. The molecule has 0 amide bonds. The summed E-state index contributed by atoms with van der Waals surface area (Å²) in [5, 5.41) is 6.37. The van der Waals surface area contributed by atoms with Gasteiger partial charge in [0.05, 0.1) is 22.1 Å². The lowest BCUT2D eigenvalue weighted by atomic mass is 10.2. The first-order valence-electron chi connectivity index (χ1n) is 11.5. The van der Waals surface area contributed by atoms with E-state index in [1.54, 1.807) is 12.1 Å². The van der Waals surface area contributed by atoms with E-state index in [4.69, 9.17) is 9.97 Å². The molecule has 0 aliphatic carbocycles. The van der Waals surface area contributed by atoms with E-state index in [1.165, 1.54) is 24.3 Å². The summed E-state index contributed by atoms with van der Waals surface area (Å²) >= 11 is 0. The van der Waals surface area contributed by atoms with E-state index in [1.807, 2.05) is 9.13 Å². The summed E-state index contributed by atoms with van der Waals surface area (Å²) in [6.07, 6.45) is -1.11. The Hall–Kier alpha value is -2.98. The van der Waals surface area contributed by atoms with E-state index in [9.17, 15) is 17.6 Å². The Morgan fingerprint density at radius 2 is 1.18 bits per heavy atom. The highest BCUT2D eigenvalue weighted by molar-refractivity contribution is 5.83. The van der Waals surface area contributed by atoms with Crippen LogP contribution >= 0.6 is 0 Å². The molecule has 10 heteroatoms. The molecule has 4 atom stereocenters. The van der Waals surface area contributed by atoms with Crippen LogP contribution in [-0.2, 0) is 13.1 Å². The summed E-state index contributed by atoms with van der Waals surface area (Å²) in [5.74, 6) is 0.143. The summed E-state index contributed by atoms with van der Waals surface area (Å²) < 4.78 is 59.6. The van der Waals surface area contributed by atoms with Crippen molar-refractivity contribution in [2.45, 2.75) is 50.4 Å². The van der Waals surface area contributed by atoms with Crippen LogP contribution < -0.4 is 10.6 Å². The van der Waals surface area contributed by atoms with Gasteiger partial charge in [0.1, 0.15) is 24.0 Å². The number of hydrogen-bond acceptors (Lipinski definition) is 4. The first-order chi connectivity index (χ1) is 16.4. The van der Waals surface area contributed by atoms with Crippen LogP contribution in [0.5, 0.6) is 0 Å². The van der Waals surface area contributed by atoms with Crippen LogP contribution in [0.25, 0.3) is 33.7 Å².